The maximum Gasteiger partial charge on any atom is 0.309 e. The smallest absolute Gasteiger partial charge is 0.309 e. The molecule has 0 amide bonds. The van der Waals surface area contributed by atoms with E-state index < -0.39 is 5.97 Å². The lowest BCUT2D eigenvalue weighted by molar-refractivity contribution is -0.136. The first-order chi connectivity index (χ1) is 9.04. The van der Waals surface area contributed by atoms with Gasteiger partial charge in [-0.15, -0.1) is 0 Å². The number of hydrogen-bond acceptors (Lipinski definition) is 3. The van der Waals surface area contributed by atoms with E-state index in [0.29, 0.717) is 22.4 Å². The molecule has 98 valence electrons. The molecular formula is C14H12ClNO3. The standard InChI is InChI=1S/C14H12ClNO3/c1-9-12(8-14(17)18)16-13(19-9)7-4-10-2-5-11(15)6-3-10/h2-7H,8H2,1H3,(H,17,18)/b7-4+. The normalized spacial score (nSPS) is 11.1. The molecular weight excluding hydrogens is 266 g/mol. The number of aromatic nitrogens is 1. The van der Waals surface area contributed by atoms with E-state index in [4.69, 9.17) is 21.1 Å². The molecule has 1 heterocycles. The molecule has 0 radical (unpaired) electrons. The van der Waals surface area contributed by atoms with E-state index in [1.165, 1.54) is 0 Å². The van der Waals surface area contributed by atoms with E-state index in [9.17, 15) is 4.79 Å². The lowest BCUT2D eigenvalue weighted by Crippen LogP contribution is -2.01. The van der Waals surface area contributed by atoms with Gasteiger partial charge >= 0.3 is 5.97 Å². The first-order valence-electron chi connectivity index (χ1n) is 5.66. The van der Waals surface area contributed by atoms with Crippen molar-refractivity contribution >= 4 is 29.7 Å². The van der Waals surface area contributed by atoms with E-state index in [1.54, 1.807) is 25.1 Å². The van der Waals surface area contributed by atoms with Crippen molar-refractivity contribution in [3.63, 3.8) is 0 Å². The van der Waals surface area contributed by atoms with Gasteiger partial charge in [-0.05, 0) is 30.7 Å². The quantitative estimate of drug-likeness (QED) is 0.930. The van der Waals surface area contributed by atoms with Crippen LogP contribution in [0.4, 0.5) is 0 Å². The number of aliphatic carboxylic acids is 1. The van der Waals surface area contributed by atoms with E-state index in [1.807, 2.05) is 18.2 Å². The molecule has 2 rings (SSSR count). The van der Waals surface area contributed by atoms with Crippen molar-refractivity contribution in [3.05, 3.63) is 52.2 Å². The number of benzene rings is 1. The minimum absolute atomic E-state index is 0.135. The number of hydrogen-bond donors (Lipinski definition) is 1. The van der Waals surface area contributed by atoms with Crippen molar-refractivity contribution in [3.8, 4) is 0 Å². The summed E-state index contributed by atoms with van der Waals surface area (Å²) in [5.41, 5.74) is 1.41. The first kappa shape index (κ1) is 13.4. The van der Waals surface area contributed by atoms with Crippen LogP contribution in [-0.2, 0) is 11.2 Å². The Bertz CT molecular complexity index is 614. The molecule has 0 saturated carbocycles. The predicted molar refractivity (Wildman–Crippen MR) is 73.0 cm³/mol. The maximum atomic E-state index is 10.6. The molecule has 0 saturated heterocycles. The van der Waals surface area contributed by atoms with E-state index in [-0.39, 0.29) is 6.42 Å². The summed E-state index contributed by atoms with van der Waals surface area (Å²) in [6.45, 7) is 1.70. The topological polar surface area (TPSA) is 63.3 Å². The molecule has 0 spiro atoms. The Kier molecular flexibility index (Phi) is 4.02. The zero-order valence-electron chi connectivity index (χ0n) is 10.3. The Morgan fingerprint density at radius 2 is 2.05 bits per heavy atom. The van der Waals surface area contributed by atoms with Crippen LogP contribution in [0.3, 0.4) is 0 Å². The third kappa shape index (κ3) is 3.69. The predicted octanol–water partition coefficient (Wildman–Crippen LogP) is 3.43. The molecule has 0 fully saturated rings. The molecule has 1 aromatic heterocycles. The van der Waals surface area contributed by atoms with Crippen LogP contribution in [0.5, 0.6) is 0 Å². The molecule has 0 aliphatic carbocycles. The average Bonchev–Trinajstić information content (AvgIpc) is 2.69. The number of carboxylic acids is 1. The molecule has 0 aliphatic rings. The number of nitrogens with zero attached hydrogens (tertiary/aromatic N) is 1. The highest BCUT2D eigenvalue weighted by Crippen LogP contribution is 2.15. The summed E-state index contributed by atoms with van der Waals surface area (Å²) >= 11 is 5.79. The molecule has 1 N–H and O–H groups in total. The molecule has 0 aliphatic heterocycles. The van der Waals surface area contributed by atoms with Gasteiger partial charge in [0.1, 0.15) is 5.76 Å². The lowest BCUT2D eigenvalue weighted by atomic mass is 10.2. The number of carbonyl (C=O) groups is 1. The number of rotatable bonds is 4. The van der Waals surface area contributed by atoms with Crippen LogP contribution in [-0.4, -0.2) is 16.1 Å². The van der Waals surface area contributed by atoms with Crippen molar-refractivity contribution in [1.29, 1.82) is 0 Å². The first-order valence-corrected chi connectivity index (χ1v) is 6.04. The van der Waals surface area contributed by atoms with Gasteiger partial charge in [0.15, 0.2) is 0 Å². The van der Waals surface area contributed by atoms with Crippen molar-refractivity contribution < 1.29 is 14.3 Å². The van der Waals surface area contributed by atoms with Crippen molar-refractivity contribution in [2.24, 2.45) is 0 Å². The zero-order valence-corrected chi connectivity index (χ0v) is 11.0. The van der Waals surface area contributed by atoms with Crippen LogP contribution < -0.4 is 0 Å². The molecule has 19 heavy (non-hydrogen) atoms. The third-order valence-electron chi connectivity index (χ3n) is 2.52. The minimum atomic E-state index is -0.926. The van der Waals surface area contributed by atoms with Crippen LogP contribution in [0.15, 0.2) is 28.7 Å². The lowest BCUT2D eigenvalue weighted by Gasteiger charge is -1.92. The van der Waals surface area contributed by atoms with Gasteiger partial charge in [0.05, 0.1) is 12.1 Å². The summed E-state index contributed by atoms with van der Waals surface area (Å²) in [4.78, 5) is 14.8. The second kappa shape index (κ2) is 5.71. The number of oxazole rings is 1. The van der Waals surface area contributed by atoms with Gasteiger partial charge in [-0.3, -0.25) is 4.79 Å². The van der Waals surface area contributed by atoms with Gasteiger partial charge in [0.2, 0.25) is 5.89 Å². The second-order valence-electron chi connectivity index (χ2n) is 4.01. The Balaban J connectivity index is 2.15. The molecule has 4 nitrogen and oxygen atoms in total. The van der Waals surface area contributed by atoms with Gasteiger partial charge in [0, 0.05) is 11.1 Å². The Morgan fingerprint density at radius 3 is 2.68 bits per heavy atom. The average molecular weight is 278 g/mol. The summed E-state index contributed by atoms with van der Waals surface area (Å²) in [6.07, 6.45) is 3.39. The van der Waals surface area contributed by atoms with Crippen LogP contribution in [0.2, 0.25) is 5.02 Å². The van der Waals surface area contributed by atoms with E-state index >= 15 is 0 Å². The minimum Gasteiger partial charge on any atom is -0.481 e. The van der Waals surface area contributed by atoms with Gasteiger partial charge in [-0.25, -0.2) is 4.98 Å². The summed E-state index contributed by atoms with van der Waals surface area (Å²) in [5, 5.41) is 9.40. The second-order valence-corrected chi connectivity index (χ2v) is 4.45. The maximum absolute atomic E-state index is 10.6. The van der Waals surface area contributed by atoms with Gasteiger partial charge in [-0.2, -0.15) is 0 Å². The van der Waals surface area contributed by atoms with Crippen molar-refractivity contribution in [1.82, 2.24) is 4.98 Å². The highest BCUT2D eigenvalue weighted by molar-refractivity contribution is 6.30. The van der Waals surface area contributed by atoms with Crippen LogP contribution in [0, 0.1) is 6.92 Å². The Morgan fingerprint density at radius 1 is 1.37 bits per heavy atom. The van der Waals surface area contributed by atoms with E-state index in [2.05, 4.69) is 4.98 Å². The monoisotopic (exact) mass is 277 g/mol. The molecule has 1 aromatic carbocycles. The van der Waals surface area contributed by atoms with Crippen molar-refractivity contribution in [2.75, 3.05) is 0 Å². The van der Waals surface area contributed by atoms with Gasteiger partial charge in [0.25, 0.3) is 0 Å². The highest BCUT2D eigenvalue weighted by Gasteiger charge is 2.10. The van der Waals surface area contributed by atoms with Crippen LogP contribution in [0.25, 0.3) is 12.2 Å². The fourth-order valence-electron chi connectivity index (χ4n) is 1.57. The fourth-order valence-corrected chi connectivity index (χ4v) is 1.70. The SMILES string of the molecule is Cc1oc(/C=C/c2ccc(Cl)cc2)nc1CC(=O)O. The van der Waals surface area contributed by atoms with Gasteiger partial charge < -0.3 is 9.52 Å². The van der Waals surface area contributed by atoms with Crippen LogP contribution in [0.1, 0.15) is 22.9 Å². The Hall–Kier alpha value is -2.07. The summed E-state index contributed by atoms with van der Waals surface area (Å²) in [7, 11) is 0. The van der Waals surface area contributed by atoms with E-state index in [0.717, 1.165) is 5.56 Å². The zero-order chi connectivity index (χ0) is 13.8. The summed E-state index contributed by atoms with van der Waals surface area (Å²) < 4.78 is 5.37. The van der Waals surface area contributed by atoms with Crippen molar-refractivity contribution in [2.45, 2.75) is 13.3 Å². The highest BCUT2D eigenvalue weighted by atomic mass is 35.5. The molecule has 0 atom stereocenters. The number of carboxylic acid groups (broad SMARTS) is 1. The fraction of sp³-hybridized carbons (Fsp3) is 0.143. The summed E-state index contributed by atoms with van der Waals surface area (Å²) in [6, 6.07) is 7.31. The molecule has 5 heteroatoms. The molecule has 0 unspecified atom stereocenters. The molecule has 0 bridgehead atoms. The Labute approximate surface area is 115 Å². The van der Waals surface area contributed by atoms with Crippen LogP contribution >= 0.6 is 11.6 Å². The largest absolute Gasteiger partial charge is 0.481 e. The molecule has 2 aromatic rings. The number of halogens is 1. The number of aryl methyl sites for hydroxylation is 1. The third-order valence-corrected chi connectivity index (χ3v) is 2.77. The van der Waals surface area contributed by atoms with Gasteiger partial charge in [-0.1, -0.05) is 23.7 Å². The summed E-state index contributed by atoms with van der Waals surface area (Å²) in [5.74, 6) is -0.00788.